The molecule has 0 fully saturated rings. The van der Waals surface area contributed by atoms with E-state index in [-0.39, 0.29) is 23.0 Å². The Morgan fingerprint density at radius 3 is 2.50 bits per heavy atom. The van der Waals surface area contributed by atoms with Gasteiger partial charge in [-0.15, -0.1) is 0 Å². The summed E-state index contributed by atoms with van der Waals surface area (Å²) in [4.78, 5) is 46.7. The highest BCUT2D eigenvalue weighted by Gasteiger charge is 2.19. The normalized spacial score (nSPS) is 11.2. The quantitative estimate of drug-likeness (QED) is 0.406. The van der Waals surface area contributed by atoms with Crippen LogP contribution in [-0.2, 0) is 24.9 Å². The molecule has 3 rings (SSSR count). The van der Waals surface area contributed by atoms with E-state index in [1.165, 1.54) is 11.6 Å². The minimum Gasteiger partial charge on any atom is -0.497 e. The van der Waals surface area contributed by atoms with Gasteiger partial charge in [0.25, 0.3) is 5.56 Å². The van der Waals surface area contributed by atoms with Crippen molar-refractivity contribution < 1.29 is 9.53 Å². The summed E-state index contributed by atoms with van der Waals surface area (Å²) in [5.74, 6) is 1.25. The monoisotopic (exact) mass is 457 g/mol. The number of hydrogen-bond acceptors (Lipinski definition) is 7. The number of ether oxygens (including phenoxy) is 1. The summed E-state index contributed by atoms with van der Waals surface area (Å²) in [6, 6.07) is 7.42. The van der Waals surface area contributed by atoms with Crippen LogP contribution in [0, 0.1) is 12.8 Å². The number of thioether (sulfide) groups is 1. The number of hydrogen-bond donors (Lipinski definition) is 1. The number of carbonyl (C=O) groups excluding carboxylic acids is 1. The highest BCUT2D eigenvalue weighted by Crippen LogP contribution is 2.22. The molecule has 1 amide bonds. The van der Waals surface area contributed by atoms with Crippen LogP contribution in [-0.4, -0.2) is 37.9 Å². The first-order chi connectivity index (χ1) is 15.2. The third-order valence-corrected chi connectivity index (χ3v) is 5.77. The molecule has 1 aromatic carbocycles. The number of fused-ring (bicyclic) bond motifs is 1. The molecule has 9 nitrogen and oxygen atoms in total. The van der Waals surface area contributed by atoms with Crippen molar-refractivity contribution in [1.29, 1.82) is 0 Å². The molecule has 0 aliphatic carbocycles. The number of carbonyl (C=O) groups is 1. The van der Waals surface area contributed by atoms with Crippen molar-refractivity contribution in [3.8, 4) is 5.75 Å². The van der Waals surface area contributed by atoms with E-state index in [1.54, 1.807) is 14.0 Å². The standard InChI is InChI=1S/C22H27N5O4S/c1-13(2)11-27-19-18(21(29)26(4)22(27)30)20(25-14(3)24-19)32-12-17(28)23-10-15-6-8-16(31-5)9-7-15/h6-9,13H,10-12H2,1-5H3,(H,23,28). The molecule has 0 aliphatic heterocycles. The first kappa shape index (κ1) is 23.5. The number of aromatic nitrogens is 4. The third kappa shape index (κ3) is 5.18. The van der Waals surface area contributed by atoms with Crippen LogP contribution >= 0.6 is 11.8 Å². The predicted octanol–water partition coefficient (Wildman–Crippen LogP) is 1.87. The van der Waals surface area contributed by atoms with Crippen molar-refractivity contribution in [3.63, 3.8) is 0 Å². The second-order valence-corrected chi connectivity index (χ2v) is 8.80. The summed E-state index contributed by atoms with van der Waals surface area (Å²) in [6.45, 7) is 6.48. The number of rotatable bonds is 8. The van der Waals surface area contributed by atoms with Crippen molar-refractivity contribution in [1.82, 2.24) is 24.4 Å². The minimum absolute atomic E-state index is 0.0775. The van der Waals surface area contributed by atoms with Crippen molar-refractivity contribution in [3.05, 3.63) is 56.5 Å². The van der Waals surface area contributed by atoms with Gasteiger partial charge in [-0.2, -0.15) is 0 Å². The summed E-state index contributed by atoms with van der Waals surface area (Å²) in [6.07, 6.45) is 0. The van der Waals surface area contributed by atoms with Crippen LogP contribution in [0.1, 0.15) is 25.2 Å². The summed E-state index contributed by atoms with van der Waals surface area (Å²) >= 11 is 1.16. The number of aryl methyl sites for hydroxylation is 1. The molecule has 0 bridgehead atoms. The van der Waals surface area contributed by atoms with Gasteiger partial charge in [0, 0.05) is 20.1 Å². The van der Waals surface area contributed by atoms with E-state index in [4.69, 9.17) is 4.74 Å². The first-order valence-electron chi connectivity index (χ1n) is 10.2. The minimum atomic E-state index is -0.467. The third-order valence-electron chi connectivity index (χ3n) is 4.80. The van der Waals surface area contributed by atoms with Gasteiger partial charge in [-0.3, -0.25) is 18.7 Å². The molecule has 32 heavy (non-hydrogen) atoms. The van der Waals surface area contributed by atoms with Crippen LogP contribution < -0.4 is 21.3 Å². The molecular weight excluding hydrogens is 430 g/mol. The Hall–Kier alpha value is -3.14. The second kappa shape index (κ2) is 9.99. The zero-order chi connectivity index (χ0) is 23.4. The smallest absolute Gasteiger partial charge is 0.332 e. The molecule has 170 valence electrons. The molecular formula is C22H27N5O4S. The van der Waals surface area contributed by atoms with E-state index in [1.807, 2.05) is 38.1 Å². The van der Waals surface area contributed by atoms with Crippen LogP contribution in [0.2, 0.25) is 0 Å². The molecule has 0 aliphatic rings. The Kier molecular flexibility index (Phi) is 7.34. The molecule has 3 aromatic rings. The van der Waals surface area contributed by atoms with E-state index in [0.717, 1.165) is 27.6 Å². The molecule has 0 unspecified atom stereocenters. The fourth-order valence-electron chi connectivity index (χ4n) is 3.20. The van der Waals surface area contributed by atoms with Crippen molar-refractivity contribution in [2.75, 3.05) is 12.9 Å². The highest BCUT2D eigenvalue weighted by atomic mass is 32.2. The van der Waals surface area contributed by atoms with Gasteiger partial charge in [0.15, 0.2) is 5.65 Å². The van der Waals surface area contributed by atoms with Gasteiger partial charge in [0.05, 0.1) is 12.9 Å². The van der Waals surface area contributed by atoms with E-state index in [0.29, 0.717) is 29.6 Å². The van der Waals surface area contributed by atoms with Gasteiger partial charge < -0.3 is 10.1 Å². The number of amides is 1. The number of methoxy groups -OCH3 is 1. The highest BCUT2D eigenvalue weighted by molar-refractivity contribution is 8.00. The lowest BCUT2D eigenvalue weighted by Crippen LogP contribution is -2.39. The predicted molar refractivity (Wildman–Crippen MR) is 124 cm³/mol. The SMILES string of the molecule is COc1ccc(CNC(=O)CSc2nc(C)nc3c2c(=O)n(C)c(=O)n3CC(C)C)cc1. The fourth-order valence-corrected chi connectivity index (χ4v) is 4.09. The maximum Gasteiger partial charge on any atom is 0.332 e. The second-order valence-electron chi connectivity index (χ2n) is 7.84. The maximum absolute atomic E-state index is 12.9. The molecule has 10 heteroatoms. The lowest BCUT2D eigenvalue weighted by molar-refractivity contribution is -0.118. The maximum atomic E-state index is 12.9. The van der Waals surface area contributed by atoms with Crippen LogP contribution in [0.25, 0.3) is 11.0 Å². The van der Waals surface area contributed by atoms with Gasteiger partial charge in [0.1, 0.15) is 22.0 Å². The van der Waals surface area contributed by atoms with Gasteiger partial charge in [0.2, 0.25) is 5.91 Å². The lowest BCUT2D eigenvalue weighted by atomic mass is 10.2. The van der Waals surface area contributed by atoms with E-state index < -0.39 is 11.2 Å². The Bertz CT molecular complexity index is 1250. The Balaban J connectivity index is 1.83. The Labute approximate surface area is 189 Å². The average molecular weight is 458 g/mol. The van der Waals surface area contributed by atoms with Crippen LogP contribution in [0.3, 0.4) is 0 Å². The molecule has 2 aromatic heterocycles. The zero-order valence-corrected chi connectivity index (χ0v) is 19.7. The first-order valence-corrected chi connectivity index (χ1v) is 11.2. The van der Waals surface area contributed by atoms with Crippen molar-refractivity contribution >= 4 is 28.7 Å². The molecule has 0 radical (unpaired) electrons. The van der Waals surface area contributed by atoms with E-state index in [2.05, 4.69) is 15.3 Å². The number of nitrogens with one attached hydrogen (secondary N) is 1. The van der Waals surface area contributed by atoms with Crippen molar-refractivity contribution in [2.24, 2.45) is 13.0 Å². The molecule has 0 saturated heterocycles. The van der Waals surface area contributed by atoms with Crippen molar-refractivity contribution in [2.45, 2.75) is 38.9 Å². The average Bonchev–Trinajstić information content (AvgIpc) is 2.77. The summed E-state index contributed by atoms with van der Waals surface area (Å²) < 4.78 is 7.70. The van der Waals surface area contributed by atoms with Crippen LogP contribution in [0.5, 0.6) is 5.75 Å². The van der Waals surface area contributed by atoms with Gasteiger partial charge >= 0.3 is 5.69 Å². The molecule has 2 heterocycles. The van der Waals surface area contributed by atoms with Crippen LogP contribution in [0.4, 0.5) is 0 Å². The largest absolute Gasteiger partial charge is 0.497 e. The molecule has 1 N–H and O–H groups in total. The Morgan fingerprint density at radius 2 is 1.88 bits per heavy atom. The molecule has 0 spiro atoms. The van der Waals surface area contributed by atoms with Crippen LogP contribution in [0.15, 0.2) is 38.9 Å². The zero-order valence-electron chi connectivity index (χ0n) is 18.8. The van der Waals surface area contributed by atoms with Gasteiger partial charge in [-0.05, 0) is 30.5 Å². The molecule has 0 atom stereocenters. The lowest BCUT2D eigenvalue weighted by Gasteiger charge is -2.15. The van der Waals surface area contributed by atoms with Gasteiger partial charge in [-0.25, -0.2) is 14.8 Å². The number of benzene rings is 1. The van der Waals surface area contributed by atoms with Gasteiger partial charge in [-0.1, -0.05) is 37.7 Å². The van der Waals surface area contributed by atoms with E-state index in [9.17, 15) is 14.4 Å². The van der Waals surface area contributed by atoms with E-state index >= 15 is 0 Å². The number of nitrogens with zero attached hydrogens (tertiary/aromatic N) is 4. The fraction of sp³-hybridized carbons (Fsp3) is 0.409. The summed E-state index contributed by atoms with van der Waals surface area (Å²) in [5.41, 5.74) is 0.369. The molecule has 0 saturated carbocycles. The topological polar surface area (TPSA) is 108 Å². The Morgan fingerprint density at radius 1 is 1.19 bits per heavy atom. The summed E-state index contributed by atoms with van der Waals surface area (Å²) in [7, 11) is 3.04. The summed E-state index contributed by atoms with van der Waals surface area (Å²) in [5, 5.41) is 3.51.